The number of hydrogen-bond donors (Lipinski definition) is 0. The predicted octanol–water partition coefficient (Wildman–Crippen LogP) is 21.3. The highest BCUT2D eigenvalue weighted by Gasteiger charge is 2.45. The van der Waals surface area contributed by atoms with Crippen molar-refractivity contribution in [1.29, 1.82) is 0 Å². The predicted molar refractivity (Wildman–Crippen MR) is 372 cm³/mol. The van der Waals surface area contributed by atoms with Gasteiger partial charge in [-0.05, 0) is 206 Å². The number of rotatable bonds is 3. The monoisotopic (exact) mass is 1090 g/mol. The molecule has 16 rings (SSSR count). The van der Waals surface area contributed by atoms with Gasteiger partial charge >= 0.3 is 0 Å². The highest BCUT2D eigenvalue weighted by molar-refractivity contribution is 7.00. The summed E-state index contributed by atoms with van der Waals surface area (Å²) in [5.41, 5.74) is 18.4. The first-order valence-corrected chi connectivity index (χ1v) is 30.8. The molecule has 0 fully saturated rings. The Morgan fingerprint density at radius 3 is 1.11 bits per heavy atom. The lowest BCUT2D eigenvalue weighted by Crippen LogP contribution is -2.61. The third-order valence-electron chi connectivity index (χ3n) is 19.4. The average molecular weight is 1100 g/mol. The summed E-state index contributed by atoms with van der Waals surface area (Å²) in [6.45, 7) is 28.4. The Morgan fingerprint density at radius 2 is 0.647 bits per heavy atom. The highest BCUT2D eigenvalue weighted by atomic mass is 15.2. The fourth-order valence-corrected chi connectivity index (χ4v) is 14.8. The Bertz CT molecular complexity index is 4890. The lowest BCUT2D eigenvalue weighted by atomic mass is 9.33. The van der Waals surface area contributed by atoms with Gasteiger partial charge in [-0.25, -0.2) is 0 Å². The van der Waals surface area contributed by atoms with Crippen molar-refractivity contribution in [3.05, 3.63) is 235 Å². The molecule has 0 radical (unpaired) electrons. The van der Waals surface area contributed by atoms with Crippen LogP contribution in [0.15, 0.2) is 212 Å². The van der Waals surface area contributed by atoms with Gasteiger partial charge in [-0.3, -0.25) is 0 Å². The zero-order chi connectivity index (χ0) is 58.4. The van der Waals surface area contributed by atoms with E-state index in [-0.39, 0.29) is 28.4 Å². The molecule has 14 aromatic rings. The number of anilines is 6. The molecule has 3 heteroatoms. The molecule has 0 aromatic heterocycles. The molecule has 0 unspecified atom stereocenters. The average Bonchev–Trinajstić information content (AvgIpc) is 0.765. The summed E-state index contributed by atoms with van der Waals surface area (Å²) < 4.78 is 0. The Kier molecular flexibility index (Phi) is 10.8. The summed E-state index contributed by atoms with van der Waals surface area (Å²) in [6.07, 6.45) is 0. The summed E-state index contributed by atoms with van der Waals surface area (Å²) in [5, 5.41) is 20.4. The van der Waals surface area contributed by atoms with Crippen molar-refractivity contribution in [3.8, 4) is 11.1 Å². The molecule has 85 heavy (non-hydrogen) atoms. The number of fused-ring (bicyclic) bond motifs is 12. The first-order chi connectivity index (χ1) is 40.7. The molecule has 412 valence electrons. The van der Waals surface area contributed by atoms with E-state index in [9.17, 15) is 0 Å². The summed E-state index contributed by atoms with van der Waals surface area (Å²) in [6, 6.07) is 83.4. The molecular formula is C82H71BN2. The van der Waals surface area contributed by atoms with Crippen molar-refractivity contribution in [2.24, 2.45) is 0 Å². The summed E-state index contributed by atoms with van der Waals surface area (Å²) in [7, 11) is 0. The van der Waals surface area contributed by atoms with Crippen LogP contribution in [0.1, 0.15) is 105 Å². The van der Waals surface area contributed by atoms with E-state index in [0.717, 1.165) is 0 Å². The normalized spacial score (nSPS) is 13.8. The van der Waals surface area contributed by atoms with Crippen LogP contribution in [-0.2, 0) is 21.7 Å². The van der Waals surface area contributed by atoms with Crippen LogP contribution in [0.5, 0.6) is 0 Å². The number of hydrogen-bond acceptors (Lipinski definition) is 2. The zero-order valence-electron chi connectivity index (χ0n) is 51.2. The van der Waals surface area contributed by atoms with E-state index >= 15 is 0 Å². The Morgan fingerprint density at radius 1 is 0.271 bits per heavy atom. The van der Waals surface area contributed by atoms with Crippen LogP contribution in [0.3, 0.4) is 0 Å². The van der Waals surface area contributed by atoms with Crippen LogP contribution < -0.4 is 26.2 Å². The summed E-state index contributed by atoms with van der Waals surface area (Å²) in [4.78, 5) is 5.41. The molecule has 2 nitrogen and oxygen atoms in total. The van der Waals surface area contributed by atoms with Crippen LogP contribution >= 0.6 is 0 Å². The van der Waals surface area contributed by atoms with Crippen molar-refractivity contribution in [2.45, 2.75) is 105 Å². The molecule has 2 aliphatic heterocycles. The van der Waals surface area contributed by atoms with Crippen LogP contribution in [-0.4, -0.2) is 6.71 Å². The smallest absolute Gasteiger partial charge is 0.252 e. The van der Waals surface area contributed by atoms with E-state index in [1.54, 1.807) is 0 Å². The van der Waals surface area contributed by atoms with E-state index in [0.29, 0.717) is 0 Å². The maximum absolute atomic E-state index is 2.71. The topological polar surface area (TPSA) is 6.48 Å². The molecule has 0 spiro atoms. The number of nitrogens with zero attached hydrogens (tertiary/aromatic N) is 2. The molecule has 0 saturated carbocycles. The lowest BCUT2D eigenvalue weighted by molar-refractivity contribution is 0.568. The van der Waals surface area contributed by atoms with E-state index < -0.39 is 0 Å². The van der Waals surface area contributed by atoms with E-state index in [1.807, 2.05) is 0 Å². The quantitative estimate of drug-likeness (QED) is 0.0988. The molecule has 0 saturated heterocycles. The zero-order valence-corrected chi connectivity index (χ0v) is 51.2. The van der Waals surface area contributed by atoms with Crippen molar-refractivity contribution in [3.63, 3.8) is 0 Å². The second-order valence-electron chi connectivity index (χ2n) is 29.0. The standard InChI is InChI=1S/C82H71BN2/c1-79(2,3)55-40-56(80(4,5)6)43-59(42-55)84-71-46-67-52(32-30-48-20-13-15-25-61(48)67)36-69(71)83-70-37-53-33-31-49-21-14-16-26-62(49)68(53)47-72(70)85(60-44-57(81(7,8)9)41-58(45-60)82(10,11)12)74-39-54(38-73(84)78(74)83)63-35-34-51-24-18-28-65-64-27-17-22-50-23-19-29-66(75(50)64)77(63)76(51)65/h13-47H,1-12H3. The minimum Gasteiger partial charge on any atom is -0.311 e. The van der Waals surface area contributed by atoms with Crippen LogP contribution in [0.4, 0.5) is 34.1 Å². The highest BCUT2D eigenvalue weighted by Crippen LogP contribution is 2.52. The molecule has 0 bridgehead atoms. The second-order valence-corrected chi connectivity index (χ2v) is 29.0. The fraction of sp³-hybridized carbons (Fsp3) is 0.195. The van der Waals surface area contributed by atoms with Gasteiger partial charge in [0.25, 0.3) is 6.71 Å². The van der Waals surface area contributed by atoms with Crippen LogP contribution in [0.2, 0.25) is 0 Å². The van der Waals surface area contributed by atoms with Crippen molar-refractivity contribution < 1.29 is 0 Å². The van der Waals surface area contributed by atoms with Gasteiger partial charge in [-0.2, -0.15) is 0 Å². The molecule has 0 N–H and O–H groups in total. The molecular weight excluding hydrogens is 1020 g/mol. The van der Waals surface area contributed by atoms with E-state index in [2.05, 4.69) is 305 Å². The lowest BCUT2D eigenvalue weighted by Gasteiger charge is -2.45. The van der Waals surface area contributed by atoms with E-state index in [1.165, 1.54) is 170 Å². The third kappa shape index (κ3) is 7.85. The summed E-state index contributed by atoms with van der Waals surface area (Å²) >= 11 is 0. The Balaban J connectivity index is 1.13. The van der Waals surface area contributed by atoms with Gasteiger partial charge in [0.1, 0.15) is 0 Å². The molecule has 2 aliphatic rings. The Hall–Kier alpha value is -8.92. The van der Waals surface area contributed by atoms with Crippen LogP contribution in [0, 0.1) is 0 Å². The summed E-state index contributed by atoms with van der Waals surface area (Å²) in [5.74, 6) is 0. The van der Waals surface area contributed by atoms with Crippen molar-refractivity contribution in [1.82, 2.24) is 0 Å². The van der Waals surface area contributed by atoms with Crippen molar-refractivity contribution >= 4 is 143 Å². The minimum atomic E-state index is -0.120. The SMILES string of the molecule is CC(C)(C)c1cc(N2c3cc4c(ccc5ccccc54)cc3B3c4cc5ccc6ccccc6c5cc4N(c4cc(C(C)(C)C)cc(C(C)(C)C)c4)c4cc(-c5ccc6cccc7c8cccc9cccc(c5c67)c98)cc2c43)cc(C(C)(C)C)c1. The van der Waals surface area contributed by atoms with Gasteiger partial charge in [-0.1, -0.05) is 247 Å². The fourth-order valence-electron chi connectivity index (χ4n) is 14.8. The molecule has 0 aliphatic carbocycles. The van der Waals surface area contributed by atoms with Gasteiger partial charge in [0.15, 0.2) is 0 Å². The van der Waals surface area contributed by atoms with Gasteiger partial charge in [0.2, 0.25) is 0 Å². The van der Waals surface area contributed by atoms with Gasteiger partial charge in [0.05, 0.1) is 0 Å². The first-order valence-electron chi connectivity index (χ1n) is 30.8. The van der Waals surface area contributed by atoms with Gasteiger partial charge in [-0.15, -0.1) is 0 Å². The first kappa shape index (κ1) is 51.7. The Labute approximate surface area is 500 Å². The van der Waals surface area contributed by atoms with Gasteiger partial charge in [0, 0.05) is 34.1 Å². The third-order valence-corrected chi connectivity index (χ3v) is 19.4. The van der Waals surface area contributed by atoms with E-state index in [4.69, 9.17) is 0 Å². The maximum Gasteiger partial charge on any atom is 0.252 e. The van der Waals surface area contributed by atoms with Crippen LogP contribution in [0.25, 0.3) is 97.3 Å². The molecule has 0 atom stereocenters. The minimum absolute atomic E-state index is 0.119. The molecule has 2 heterocycles. The van der Waals surface area contributed by atoms with Gasteiger partial charge < -0.3 is 9.80 Å². The number of benzene rings is 14. The maximum atomic E-state index is 2.71. The second kappa shape index (κ2) is 17.8. The largest absolute Gasteiger partial charge is 0.311 e. The molecule has 0 amide bonds. The van der Waals surface area contributed by atoms with Crippen molar-refractivity contribution in [2.75, 3.05) is 9.80 Å². The molecule has 14 aromatic carbocycles.